The number of nitrogens with zero attached hydrogens (tertiary/aromatic N) is 2. The van der Waals surface area contributed by atoms with Crippen LogP contribution >= 0.6 is 11.3 Å². The summed E-state index contributed by atoms with van der Waals surface area (Å²) >= 11 is 1.88. The lowest BCUT2D eigenvalue weighted by Crippen LogP contribution is -2.89. The van der Waals surface area contributed by atoms with Crippen LogP contribution in [0.4, 0.5) is 0 Å². The van der Waals surface area contributed by atoms with Crippen LogP contribution in [0, 0.1) is 0 Å². The van der Waals surface area contributed by atoms with Crippen molar-refractivity contribution in [2.75, 3.05) is 0 Å². The predicted octanol–water partition coefficient (Wildman–Crippen LogP) is 9.26. The number of hydrogen-bond donors (Lipinski definition) is 1. The van der Waals surface area contributed by atoms with Crippen LogP contribution in [0.1, 0.15) is 5.56 Å². The fourth-order valence-electron chi connectivity index (χ4n) is 7.40. The van der Waals surface area contributed by atoms with Gasteiger partial charge in [-0.3, -0.25) is 9.88 Å². The average molecular weight is 581 g/mol. The number of thiophene rings is 1. The molecule has 4 heteroatoms. The minimum absolute atomic E-state index is 0.145. The molecule has 44 heavy (non-hydrogen) atoms. The first-order valence-electron chi connectivity index (χ1n) is 15.1. The van der Waals surface area contributed by atoms with Crippen LogP contribution in [0.3, 0.4) is 0 Å². The highest BCUT2D eigenvalue weighted by Crippen LogP contribution is 2.44. The van der Waals surface area contributed by atoms with Crippen molar-refractivity contribution >= 4 is 92.1 Å². The molecular formula is C40H26N3S+. The van der Waals surface area contributed by atoms with Gasteiger partial charge in [-0.25, -0.2) is 4.99 Å². The van der Waals surface area contributed by atoms with Crippen LogP contribution in [-0.4, -0.2) is 16.3 Å². The Morgan fingerprint density at radius 2 is 1.36 bits per heavy atom. The predicted molar refractivity (Wildman–Crippen MR) is 188 cm³/mol. The number of quaternary nitrogens is 1. The van der Waals surface area contributed by atoms with Crippen molar-refractivity contribution in [3.05, 3.63) is 145 Å². The highest BCUT2D eigenvalue weighted by molar-refractivity contribution is 7.26. The second-order valence-electron chi connectivity index (χ2n) is 11.7. The molecule has 0 amide bonds. The first-order chi connectivity index (χ1) is 21.8. The van der Waals surface area contributed by atoms with E-state index in [9.17, 15) is 0 Å². The van der Waals surface area contributed by atoms with E-state index in [0.717, 1.165) is 17.2 Å². The van der Waals surface area contributed by atoms with Gasteiger partial charge >= 0.3 is 0 Å². The molecule has 10 rings (SSSR count). The van der Waals surface area contributed by atoms with E-state index in [1.54, 1.807) is 0 Å². The van der Waals surface area contributed by atoms with E-state index < -0.39 is 0 Å². The second kappa shape index (κ2) is 9.10. The summed E-state index contributed by atoms with van der Waals surface area (Å²) < 4.78 is 5.07. The maximum Gasteiger partial charge on any atom is 0.201 e. The molecular weight excluding hydrogens is 555 g/mol. The van der Waals surface area contributed by atoms with Gasteiger partial charge in [-0.05, 0) is 64.0 Å². The lowest BCUT2D eigenvalue weighted by molar-refractivity contribution is -0.573. The Labute approximate surface area is 257 Å². The van der Waals surface area contributed by atoms with Gasteiger partial charge < -0.3 is 0 Å². The molecule has 8 aromatic rings. The van der Waals surface area contributed by atoms with Gasteiger partial charge in [-0.15, -0.1) is 11.3 Å². The van der Waals surface area contributed by atoms with E-state index in [1.165, 1.54) is 69.1 Å². The molecule has 0 saturated carbocycles. The molecule has 0 bridgehead atoms. The minimum Gasteiger partial charge on any atom is -0.299 e. The quantitative estimate of drug-likeness (QED) is 0.211. The first kappa shape index (κ1) is 24.2. The number of benzene rings is 6. The molecule has 3 heterocycles. The van der Waals surface area contributed by atoms with Gasteiger partial charge in [0, 0.05) is 36.5 Å². The Morgan fingerprint density at radius 3 is 2.32 bits per heavy atom. The maximum atomic E-state index is 5.47. The normalized spacial score (nSPS) is 16.6. The summed E-state index contributed by atoms with van der Waals surface area (Å²) in [5.41, 5.74) is 5.80. The third-order valence-electron chi connectivity index (χ3n) is 9.32. The molecule has 6 aromatic carbocycles. The van der Waals surface area contributed by atoms with Crippen molar-refractivity contribution in [1.29, 1.82) is 0 Å². The fourth-order valence-corrected chi connectivity index (χ4v) is 8.52. The molecule has 0 fully saturated rings. The van der Waals surface area contributed by atoms with Gasteiger partial charge in [0.2, 0.25) is 5.82 Å². The van der Waals surface area contributed by atoms with Crippen LogP contribution in [0.15, 0.2) is 145 Å². The number of para-hydroxylation sites is 1. The molecule has 2 N–H and O–H groups in total. The van der Waals surface area contributed by atoms with E-state index in [2.05, 4.69) is 149 Å². The molecule has 206 valence electrons. The summed E-state index contributed by atoms with van der Waals surface area (Å²) in [7, 11) is 0. The largest absolute Gasteiger partial charge is 0.299 e. The zero-order valence-corrected chi connectivity index (χ0v) is 24.6. The molecule has 1 aliphatic carbocycles. The van der Waals surface area contributed by atoms with Gasteiger partial charge in [-0.2, -0.15) is 0 Å². The number of nitrogens with two attached hydrogens (primary N) is 1. The zero-order valence-electron chi connectivity index (χ0n) is 23.7. The molecule has 0 saturated heterocycles. The highest BCUT2D eigenvalue weighted by atomic mass is 32.1. The maximum absolute atomic E-state index is 5.47. The number of fused-ring (bicyclic) bond motifs is 11. The van der Waals surface area contributed by atoms with Gasteiger partial charge in [0.15, 0.2) is 11.7 Å². The van der Waals surface area contributed by atoms with Crippen molar-refractivity contribution in [2.45, 2.75) is 6.04 Å². The molecule has 3 nitrogen and oxygen atoms in total. The zero-order chi connectivity index (χ0) is 28.8. The number of allylic oxidation sites excluding steroid dienone is 2. The van der Waals surface area contributed by atoms with E-state index >= 15 is 0 Å². The Morgan fingerprint density at radius 1 is 0.591 bits per heavy atom. The molecule has 1 aliphatic heterocycles. The molecule has 1 unspecified atom stereocenters. The Bertz CT molecular complexity index is 2640. The number of aliphatic imine (C=N–C) groups is 1. The third kappa shape index (κ3) is 3.32. The SMILES string of the molecule is C1=CC2=NC(n3c4ccccc4c4c5ccc6sc7ccccc7c6c5ccc43)=C(c3cccc4ccccc34)[NH2+]C2C=C1. The molecule has 2 aromatic heterocycles. The van der Waals surface area contributed by atoms with Crippen molar-refractivity contribution in [1.82, 2.24) is 4.57 Å². The summed E-state index contributed by atoms with van der Waals surface area (Å²) in [4.78, 5) is 5.47. The van der Waals surface area contributed by atoms with Crippen molar-refractivity contribution in [3.63, 3.8) is 0 Å². The van der Waals surface area contributed by atoms with Crippen LogP contribution in [0.25, 0.3) is 75.0 Å². The molecule has 2 aliphatic rings. The summed E-state index contributed by atoms with van der Waals surface area (Å²) in [6, 6.07) is 42.3. The molecule has 0 spiro atoms. The number of hydrogen-bond acceptors (Lipinski definition) is 2. The fraction of sp³-hybridized carbons (Fsp3) is 0.0250. The van der Waals surface area contributed by atoms with Crippen LogP contribution in [0.5, 0.6) is 0 Å². The molecule has 1 atom stereocenters. The van der Waals surface area contributed by atoms with Gasteiger partial charge in [0.05, 0.1) is 11.0 Å². The summed E-state index contributed by atoms with van der Waals surface area (Å²) in [6.07, 6.45) is 8.63. The lowest BCUT2D eigenvalue weighted by atomic mass is 9.98. The second-order valence-corrected chi connectivity index (χ2v) is 12.8. The lowest BCUT2D eigenvalue weighted by Gasteiger charge is -2.24. The summed E-state index contributed by atoms with van der Waals surface area (Å²) in [5, 5.41) is 12.7. The highest BCUT2D eigenvalue weighted by Gasteiger charge is 2.31. The Kier molecular flexibility index (Phi) is 5.00. The average Bonchev–Trinajstić information content (AvgIpc) is 3.63. The number of rotatable bonds is 2. The van der Waals surface area contributed by atoms with Crippen LogP contribution < -0.4 is 5.32 Å². The smallest absolute Gasteiger partial charge is 0.201 e. The van der Waals surface area contributed by atoms with E-state index in [0.29, 0.717) is 0 Å². The van der Waals surface area contributed by atoms with Crippen molar-refractivity contribution < 1.29 is 5.32 Å². The van der Waals surface area contributed by atoms with Crippen LogP contribution in [0.2, 0.25) is 0 Å². The van der Waals surface area contributed by atoms with E-state index in [-0.39, 0.29) is 6.04 Å². The van der Waals surface area contributed by atoms with Gasteiger partial charge in [-0.1, -0.05) is 97.1 Å². The van der Waals surface area contributed by atoms with Crippen molar-refractivity contribution in [2.24, 2.45) is 4.99 Å². The molecule has 0 radical (unpaired) electrons. The topological polar surface area (TPSA) is 33.9 Å². The third-order valence-corrected chi connectivity index (χ3v) is 10.5. The minimum atomic E-state index is 0.145. The Hall–Kier alpha value is -5.29. The van der Waals surface area contributed by atoms with Crippen molar-refractivity contribution in [3.8, 4) is 0 Å². The summed E-state index contributed by atoms with van der Waals surface area (Å²) in [5.74, 6) is 0.972. The van der Waals surface area contributed by atoms with E-state index in [4.69, 9.17) is 4.99 Å². The summed E-state index contributed by atoms with van der Waals surface area (Å²) in [6.45, 7) is 0. The van der Waals surface area contributed by atoms with Gasteiger partial charge in [0.1, 0.15) is 5.71 Å². The van der Waals surface area contributed by atoms with Crippen LogP contribution in [-0.2, 0) is 0 Å². The van der Waals surface area contributed by atoms with Gasteiger partial charge in [0.25, 0.3) is 0 Å². The first-order valence-corrected chi connectivity index (χ1v) is 15.9. The van der Waals surface area contributed by atoms with E-state index in [1.807, 2.05) is 11.3 Å². The standard InChI is InChI=1S/C40H25N3S/c1-2-12-25-24(10-1)11-9-15-28(25)39-40(42-32-17-6-5-16-31(32)41-39)43-33-18-7-3-13-29(33)37-26-21-23-36-38(27(26)20-22-34(37)43)30-14-4-8-19-35(30)44-36/h1-23,31,41H/p+1. The monoisotopic (exact) mass is 580 g/mol. The number of aromatic nitrogens is 1. The Balaban J connectivity index is 1.35.